The van der Waals surface area contributed by atoms with Gasteiger partial charge in [0.25, 0.3) is 11.7 Å². The number of rotatable bonds is 8. The minimum Gasteiger partial charge on any atom is -0.489 e. The quantitative estimate of drug-likeness (QED) is 0.344. The van der Waals surface area contributed by atoms with E-state index in [4.69, 9.17) is 38.1 Å². The number of aryl methyl sites for hydroxylation is 1. The van der Waals surface area contributed by atoms with Crippen molar-refractivity contribution in [1.82, 2.24) is 4.90 Å². The number of furan rings is 1. The predicted octanol–water partition coefficient (Wildman–Crippen LogP) is 5.27. The van der Waals surface area contributed by atoms with Gasteiger partial charge in [0.2, 0.25) is 0 Å². The van der Waals surface area contributed by atoms with Crippen LogP contribution in [-0.4, -0.2) is 42.3 Å². The lowest BCUT2D eigenvalue weighted by atomic mass is 10.1. The van der Waals surface area contributed by atoms with E-state index in [-0.39, 0.29) is 5.76 Å². The van der Waals surface area contributed by atoms with Crippen LogP contribution in [0.2, 0.25) is 10.0 Å². The van der Waals surface area contributed by atoms with Gasteiger partial charge in [-0.2, -0.15) is 0 Å². The second kappa shape index (κ2) is 10.6. The Labute approximate surface area is 202 Å². The van der Waals surface area contributed by atoms with Crippen molar-refractivity contribution >= 4 is 45.9 Å². The number of hydrogen-bond donors (Lipinski definition) is 1. The molecule has 0 bridgehead atoms. The maximum atomic E-state index is 11.2. The zero-order valence-electron chi connectivity index (χ0n) is 18.2. The van der Waals surface area contributed by atoms with Gasteiger partial charge in [0, 0.05) is 10.4 Å². The molecule has 0 atom stereocenters. The fourth-order valence-electron chi connectivity index (χ4n) is 3.52. The van der Waals surface area contributed by atoms with E-state index in [0.717, 1.165) is 17.2 Å². The van der Waals surface area contributed by atoms with Crippen molar-refractivity contribution < 1.29 is 18.7 Å². The Bertz CT molecular complexity index is 1150. The Kier molecular flexibility index (Phi) is 7.58. The van der Waals surface area contributed by atoms with Gasteiger partial charge >= 0.3 is 0 Å². The van der Waals surface area contributed by atoms with E-state index in [9.17, 15) is 9.59 Å². The highest BCUT2D eigenvalue weighted by Crippen LogP contribution is 2.32. The molecule has 0 radical (unpaired) electrons. The monoisotopic (exact) mass is 488 g/mol. The molecule has 1 aliphatic heterocycles. The van der Waals surface area contributed by atoms with Gasteiger partial charge in [-0.05, 0) is 93.7 Å². The van der Waals surface area contributed by atoms with Crippen LogP contribution in [0.1, 0.15) is 41.8 Å². The number of Topliss-reactive ketones (excluding diaryl/α,β-unsaturated/α-hetero) is 1. The Morgan fingerprint density at radius 3 is 2.52 bits per heavy atom. The molecule has 1 aromatic heterocycles. The van der Waals surface area contributed by atoms with E-state index in [1.807, 2.05) is 6.07 Å². The highest BCUT2D eigenvalue weighted by Gasteiger charge is 2.24. The number of primary amides is 1. The molecule has 2 aromatic carbocycles. The van der Waals surface area contributed by atoms with Crippen molar-refractivity contribution in [2.75, 3.05) is 19.6 Å². The molecule has 2 aliphatic rings. The minimum atomic E-state index is -1.04. The zero-order chi connectivity index (χ0) is 23.4. The van der Waals surface area contributed by atoms with Gasteiger partial charge in [0.15, 0.2) is 5.76 Å². The molecule has 0 unspecified atom stereocenters. The molecule has 1 aliphatic carbocycles. The van der Waals surface area contributed by atoms with Crippen LogP contribution in [0.3, 0.4) is 0 Å². The number of ether oxygens (including phenoxy) is 1. The number of halogens is 2. The molecular formula is C25H26Cl2N2O4. The summed E-state index contributed by atoms with van der Waals surface area (Å²) in [5, 5.41) is 1.96. The van der Waals surface area contributed by atoms with Crippen LogP contribution in [0.25, 0.3) is 11.0 Å². The van der Waals surface area contributed by atoms with Gasteiger partial charge in [-0.15, -0.1) is 0 Å². The standard InChI is InChI=1S/C15H20ClNO.C10H6ClNO3/c16-14-11-12(3-1-8-17-9-2-10-17)4-7-15(14)18-13-5-6-13;11-6-1-2-7-5(3-6)4-8(15-7)9(13)10(12)14/h4,7,11,13H,1-3,5-6,8-10H2;1-4H,(H2,12,14). The van der Waals surface area contributed by atoms with E-state index < -0.39 is 11.7 Å². The fraction of sp³-hybridized carbons (Fsp3) is 0.360. The number of fused-ring (bicyclic) bond motifs is 1. The summed E-state index contributed by atoms with van der Waals surface area (Å²) in [6.45, 7) is 3.79. The number of nitrogens with zero attached hydrogens (tertiary/aromatic N) is 1. The molecule has 6 nitrogen and oxygen atoms in total. The number of amides is 1. The lowest BCUT2D eigenvalue weighted by Crippen LogP contribution is -2.37. The SMILES string of the molecule is Clc1cc(CCCN2CCC2)ccc1OC1CC1.NC(=O)C(=O)c1cc2cc(Cl)ccc2o1. The van der Waals surface area contributed by atoms with Crippen LogP contribution < -0.4 is 10.5 Å². The van der Waals surface area contributed by atoms with Crippen molar-refractivity contribution in [3.63, 3.8) is 0 Å². The van der Waals surface area contributed by atoms with Gasteiger partial charge in [0.05, 0.1) is 11.1 Å². The summed E-state index contributed by atoms with van der Waals surface area (Å²) < 4.78 is 10.9. The van der Waals surface area contributed by atoms with Gasteiger partial charge in [-0.25, -0.2) is 0 Å². The average Bonchev–Trinajstić information content (AvgIpc) is 3.47. The summed E-state index contributed by atoms with van der Waals surface area (Å²) in [5.41, 5.74) is 6.66. The van der Waals surface area contributed by atoms with Gasteiger partial charge in [0.1, 0.15) is 11.3 Å². The molecule has 33 heavy (non-hydrogen) atoms. The molecular weight excluding hydrogens is 463 g/mol. The summed E-state index contributed by atoms with van der Waals surface area (Å²) in [6.07, 6.45) is 6.47. The lowest BCUT2D eigenvalue weighted by Gasteiger charge is -2.30. The predicted molar refractivity (Wildman–Crippen MR) is 129 cm³/mol. The van der Waals surface area contributed by atoms with Crippen LogP contribution in [0.15, 0.2) is 46.9 Å². The summed E-state index contributed by atoms with van der Waals surface area (Å²) in [4.78, 5) is 24.3. The Balaban J connectivity index is 0.000000160. The van der Waals surface area contributed by atoms with E-state index in [2.05, 4.69) is 17.0 Å². The summed E-state index contributed by atoms with van der Waals surface area (Å²) in [7, 11) is 0. The maximum absolute atomic E-state index is 11.2. The van der Waals surface area contributed by atoms with E-state index >= 15 is 0 Å². The first kappa shape index (κ1) is 23.6. The number of hydrogen-bond acceptors (Lipinski definition) is 5. The van der Waals surface area contributed by atoms with Crippen molar-refractivity contribution in [2.45, 2.75) is 38.2 Å². The van der Waals surface area contributed by atoms with Crippen LogP contribution in [0.4, 0.5) is 0 Å². The van der Waals surface area contributed by atoms with E-state index in [0.29, 0.717) is 22.1 Å². The minimum absolute atomic E-state index is 0.0697. The lowest BCUT2D eigenvalue weighted by molar-refractivity contribution is -0.114. The molecule has 2 fully saturated rings. The fourth-order valence-corrected chi connectivity index (χ4v) is 3.95. The second-order valence-corrected chi connectivity index (χ2v) is 9.21. The first-order valence-corrected chi connectivity index (χ1v) is 11.9. The Morgan fingerprint density at radius 1 is 1.09 bits per heavy atom. The highest BCUT2D eigenvalue weighted by atomic mass is 35.5. The van der Waals surface area contributed by atoms with Gasteiger partial charge in [-0.1, -0.05) is 29.3 Å². The first-order chi connectivity index (χ1) is 15.9. The highest BCUT2D eigenvalue weighted by molar-refractivity contribution is 6.41. The van der Waals surface area contributed by atoms with E-state index in [1.165, 1.54) is 56.9 Å². The van der Waals surface area contributed by atoms with E-state index in [1.54, 1.807) is 18.2 Å². The van der Waals surface area contributed by atoms with Crippen molar-refractivity contribution in [2.24, 2.45) is 5.73 Å². The van der Waals surface area contributed by atoms with Crippen molar-refractivity contribution in [3.8, 4) is 5.75 Å². The smallest absolute Gasteiger partial charge is 0.293 e. The number of benzene rings is 2. The number of likely N-dealkylation sites (tertiary alicyclic amines) is 1. The summed E-state index contributed by atoms with van der Waals surface area (Å²) in [6, 6.07) is 12.6. The maximum Gasteiger partial charge on any atom is 0.293 e. The zero-order valence-corrected chi connectivity index (χ0v) is 19.7. The number of carbonyl (C=O) groups excluding carboxylic acids is 2. The number of nitrogens with two attached hydrogens (primary N) is 1. The normalized spacial score (nSPS) is 15.5. The third-order valence-corrected chi connectivity index (χ3v) is 6.16. The molecule has 8 heteroatoms. The Morgan fingerprint density at radius 2 is 1.88 bits per heavy atom. The second-order valence-electron chi connectivity index (χ2n) is 8.37. The largest absolute Gasteiger partial charge is 0.489 e. The van der Waals surface area contributed by atoms with Gasteiger partial charge < -0.3 is 19.8 Å². The summed E-state index contributed by atoms with van der Waals surface area (Å²) in [5.74, 6) is -1.10. The van der Waals surface area contributed by atoms with Crippen molar-refractivity contribution in [3.05, 3.63) is 63.8 Å². The molecule has 174 valence electrons. The molecule has 1 saturated carbocycles. The third-order valence-electron chi connectivity index (χ3n) is 5.63. The molecule has 1 saturated heterocycles. The van der Waals surface area contributed by atoms with Gasteiger partial charge in [-0.3, -0.25) is 9.59 Å². The molecule has 1 amide bonds. The molecule has 5 rings (SSSR count). The average molecular weight is 489 g/mol. The first-order valence-electron chi connectivity index (χ1n) is 11.1. The topological polar surface area (TPSA) is 85.8 Å². The summed E-state index contributed by atoms with van der Waals surface area (Å²) >= 11 is 12.0. The number of carbonyl (C=O) groups is 2. The third kappa shape index (κ3) is 6.50. The van der Waals surface area contributed by atoms with Crippen molar-refractivity contribution in [1.29, 1.82) is 0 Å². The Hall–Kier alpha value is -2.54. The van der Waals surface area contributed by atoms with Crippen LogP contribution in [0.5, 0.6) is 5.75 Å². The molecule has 2 heterocycles. The molecule has 3 aromatic rings. The number of ketones is 1. The molecule has 2 N–H and O–H groups in total. The van der Waals surface area contributed by atoms with Crippen LogP contribution in [0, 0.1) is 0 Å². The van der Waals surface area contributed by atoms with Crippen LogP contribution in [-0.2, 0) is 11.2 Å². The van der Waals surface area contributed by atoms with Crippen LogP contribution >= 0.6 is 23.2 Å². The molecule has 0 spiro atoms.